The average Bonchev–Trinajstić information content (AvgIpc) is 2.80. The van der Waals surface area contributed by atoms with Gasteiger partial charge in [-0.1, -0.05) is 43.3 Å². The largest absolute Gasteiger partial charge is 0.468 e. The lowest BCUT2D eigenvalue weighted by Gasteiger charge is -2.27. The first kappa shape index (κ1) is 22.7. The Bertz CT molecular complexity index is 1140. The highest BCUT2D eigenvalue weighted by Crippen LogP contribution is 2.27. The van der Waals surface area contributed by atoms with Crippen LogP contribution < -0.4 is 11.1 Å². The third-order valence-corrected chi connectivity index (χ3v) is 5.37. The monoisotopic (exact) mass is 437 g/mol. The molecule has 166 valence electrons. The molecular weight excluding hydrogens is 414 g/mol. The second kappa shape index (κ2) is 9.42. The van der Waals surface area contributed by atoms with Crippen LogP contribution in [-0.4, -0.2) is 49.0 Å². The van der Waals surface area contributed by atoms with E-state index in [-0.39, 0.29) is 0 Å². The zero-order valence-electron chi connectivity index (χ0n) is 17.8. The minimum atomic E-state index is -1.45. The summed E-state index contributed by atoms with van der Waals surface area (Å²) < 4.78 is 9.36. The summed E-state index contributed by atoms with van der Waals surface area (Å²) in [6.45, 7) is 1.44. The predicted octanol–water partition coefficient (Wildman–Crippen LogP) is 1.57. The van der Waals surface area contributed by atoms with Crippen molar-refractivity contribution in [2.24, 2.45) is 17.6 Å². The number of para-hydroxylation sites is 2. The summed E-state index contributed by atoms with van der Waals surface area (Å²) in [4.78, 5) is 54.6. The van der Waals surface area contributed by atoms with E-state index in [0.717, 1.165) is 14.2 Å². The number of carbonyl (C=O) groups is 4. The number of rotatable bonds is 7. The maximum Gasteiger partial charge on any atom is 0.320 e. The lowest BCUT2D eigenvalue weighted by atomic mass is 9.86. The number of fused-ring (bicyclic) bond motifs is 2. The van der Waals surface area contributed by atoms with E-state index in [4.69, 9.17) is 5.73 Å². The first-order valence-electron chi connectivity index (χ1n) is 9.83. The Morgan fingerprint density at radius 2 is 1.34 bits per heavy atom. The maximum absolute atomic E-state index is 13.4. The van der Waals surface area contributed by atoms with Gasteiger partial charge >= 0.3 is 11.9 Å². The van der Waals surface area contributed by atoms with Crippen LogP contribution in [0.3, 0.4) is 0 Å². The number of pyridine rings is 1. The minimum absolute atomic E-state index is 0.303. The standard InChI is InChI=1S/C23H23N3O6/c1-12(17(22(29)31-2)23(30)32-3)19(20(24)27)26-21(28)18-13-8-4-6-10-15(13)25-16-11-7-5-9-14(16)18/h4-12,17,19H,1-3H3,(H2,24,27)(H,26,28)/t12-,19+/m1/s1. The van der Waals surface area contributed by atoms with Gasteiger partial charge in [-0.3, -0.25) is 19.2 Å². The second-order valence-electron chi connectivity index (χ2n) is 7.26. The number of esters is 2. The Morgan fingerprint density at radius 3 is 1.78 bits per heavy atom. The Balaban J connectivity index is 2.06. The van der Waals surface area contributed by atoms with E-state index in [0.29, 0.717) is 27.4 Å². The van der Waals surface area contributed by atoms with Crippen molar-refractivity contribution in [3.8, 4) is 0 Å². The van der Waals surface area contributed by atoms with E-state index in [2.05, 4.69) is 19.8 Å². The van der Waals surface area contributed by atoms with Gasteiger partial charge in [-0.15, -0.1) is 0 Å². The number of ether oxygens (including phenoxy) is 2. The third-order valence-electron chi connectivity index (χ3n) is 5.37. The third kappa shape index (κ3) is 4.22. The Hall–Kier alpha value is -4.01. The molecule has 0 spiro atoms. The van der Waals surface area contributed by atoms with Crippen molar-refractivity contribution in [1.82, 2.24) is 10.3 Å². The number of primary amides is 1. The highest BCUT2D eigenvalue weighted by atomic mass is 16.5. The van der Waals surface area contributed by atoms with Gasteiger partial charge in [0, 0.05) is 16.7 Å². The number of benzene rings is 2. The van der Waals surface area contributed by atoms with Gasteiger partial charge in [0.05, 0.1) is 30.8 Å². The minimum Gasteiger partial charge on any atom is -0.468 e. The lowest BCUT2D eigenvalue weighted by Crippen LogP contribution is -2.53. The first-order valence-corrected chi connectivity index (χ1v) is 9.83. The van der Waals surface area contributed by atoms with Crippen LogP contribution in [0.25, 0.3) is 21.8 Å². The van der Waals surface area contributed by atoms with E-state index in [1.807, 2.05) is 0 Å². The lowest BCUT2D eigenvalue weighted by molar-refractivity contribution is -0.161. The fraction of sp³-hybridized carbons (Fsp3) is 0.261. The number of amides is 2. The summed E-state index contributed by atoms with van der Waals surface area (Å²) in [5.41, 5.74) is 7.04. The van der Waals surface area contributed by atoms with E-state index < -0.39 is 41.6 Å². The van der Waals surface area contributed by atoms with Crippen molar-refractivity contribution >= 4 is 45.6 Å². The molecule has 0 saturated heterocycles. The molecule has 0 unspecified atom stereocenters. The van der Waals surface area contributed by atoms with Crippen LogP contribution in [0.4, 0.5) is 0 Å². The van der Waals surface area contributed by atoms with Crippen LogP contribution in [0, 0.1) is 11.8 Å². The normalized spacial score (nSPS) is 12.9. The number of aromatic nitrogens is 1. The van der Waals surface area contributed by atoms with E-state index >= 15 is 0 Å². The number of nitrogens with one attached hydrogen (secondary N) is 1. The summed E-state index contributed by atoms with van der Waals surface area (Å²) in [5.74, 6) is -5.78. The summed E-state index contributed by atoms with van der Waals surface area (Å²) in [7, 11) is 2.22. The molecule has 9 nitrogen and oxygen atoms in total. The van der Waals surface area contributed by atoms with Gasteiger partial charge in [0.2, 0.25) is 5.91 Å². The number of methoxy groups -OCH3 is 2. The number of nitrogens with two attached hydrogens (primary N) is 1. The number of hydrogen-bond donors (Lipinski definition) is 2. The first-order chi connectivity index (χ1) is 15.3. The zero-order valence-corrected chi connectivity index (χ0v) is 17.8. The number of hydrogen-bond acceptors (Lipinski definition) is 7. The van der Waals surface area contributed by atoms with Crippen molar-refractivity contribution in [2.45, 2.75) is 13.0 Å². The molecule has 9 heteroatoms. The average molecular weight is 437 g/mol. The van der Waals surface area contributed by atoms with Crippen LogP contribution in [0.1, 0.15) is 17.3 Å². The van der Waals surface area contributed by atoms with Crippen molar-refractivity contribution in [2.75, 3.05) is 14.2 Å². The Morgan fingerprint density at radius 1 is 0.875 bits per heavy atom. The fourth-order valence-electron chi connectivity index (χ4n) is 3.73. The molecule has 0 radical (unpaired) electrons. The zero-order chi connectivity index (χ0) is 23.4. The summed E-state index contributed by atoms with van der Waals surface area (Å²) in [6, 6.07) is 12.8. The van der Waals surface area contributed by atoms with Crippen LogP contribution in [0.5, 0.6) is 0 Å². The van der Waals surface area contributed by atoms with Crippen LogP contribution in [-0.2, 0) is 23.9 Å². The molecule has 0 aliphatic heterocycles. The molecule has 1 aromatic heterocycles. The van der Waals surface area contributed by atoms with Gasteiger partial charge in [0.25, 0.3) is 5.91 Å². The van der Waals surface area contributed by atoms with Crippen molar-refractivity contribution in [1.29, 1.82) is 0 Å². The van der Waals surface area contributed by atoms with Crippen LogP contribution in [0.15, 0.2) is 48.5 Å². The van der Waals surface area contributed by atoms with Crippen molar-refractivity contribution in [3.63, 3.8) is 0 Å². The summed E-state index contributed by atoms with van der Waals surface area (Å²) in [5, 5.41) is 3.76. The topological polar surface area (TPSA) is 138 Å². The van der Waals surface area contributed by atoms with Gasteiger partial charge in [-0.25, -0.2) is 4.98 Å². The molecule has 32 heavy (non-hydrogen) atoms. The molecular formula is C23H23N3O6. The number of carbonyl (C=O) groups excluding carboxylic acids is 4. The molecule has 2 amide bonds. The predicted molar refractivity (Wildman–Crippen MR) is 116 cm³/mol. The van der Waals surface area contributed by atoms with Gasteiger partial charge in [0.1, 0.15) is 6.04 Å². The van der Waals surface area contributed by atoms with Gasteiger partial charge < -0.3 is 20.5 Å². The molecule has 0 saturated carbocycles. The fourth-order valence-corrected chi connectivity index (χ4v) is 3.73. The molecule has 2 aromatic carbocycles. The second-order valence-corrected chi connectivity index (χ2v) is 7.26. The summed E-state index contributed by atoms with van der Waals surface area (Å²) in [6.07, 6.45) is 0. The van der Waals surface area contributed by atoms with Crippen molar-refractivity contribution in [3.05, 3.63) is 54.1 Å². The van der Waals surface area contributed by atoms with Crippen LogP contribution in [0.2, 0.25) is 0 Å². The molecule has 0 aliphatic carbocycles. The Labute approximate surface area is 183 Å². The smallest absolute Gasteiger partial charge is 0.320 e. The van der Waals surface area contributed by atoms with Gasteiger partial charge in [-0.05, 0) is 12.1 Å². The molecule has 1 heterocycles. The molecule has 0 fully saturated rings. The molecule has 0 bridgehead atoms. The van der Waals surface area contributed by atoms with Gasteiger partial charge in [-0.2, -0.15) is 0 Å². The van der Waals surface area contributed by atoms with E-state index in [1.165, 1.54) is 6.92 Å². The molecule has 0 aliphatic rings. The Kier molecular flexibility index (Phi) is 6.67. The van der Waals surface area contributed by atoms with E-state index in [1.54, 1.807) is 48.5 Å². The quantitative estimate of drug-likeness (QED) is 0.325. The SMILES string of the molecule is COC(=O)C(C(=O)OC)[C@@H](C)[C@H](NC(=O)c1c2ccccc2nc2ccccc12)C(N)=O. The highest BCUT2D eigenvalue weighted by molar-refractivity contribution is 6.16. The highest BCUT2D eigenvalue weighted by Gasteiger charge is 2.41. The maximum atomic E-state index is 13.4. The van der Waals surface area contributed by atoms with E-state index in [9.17, 15) is 19.2 Å². The molecule has 2 atom stereocenters. The molecule has 3 rings (SSSR count). The number of nitrogens with zero attached hydrogens (tertiary/aromatic N) is 1. The van der Waals surface area contributed by atoms with Crippen molar-refractivity contribution < 1.29 is 28.7 Å². The van der Waals surface area contributed by atoms with Gasteiger partial charge in [0.15, 0.2) is 5.92 Å². The molecule has 3 N–H and O–H groups in total. The molecule has 3 aromatic rings. The van der Waals surface area contributed by atoms with Crippen LogP contribution >= 0.6 is 0 Å². The summed E-state index contributed by atoms with van der Waals surface area (Å²) >= 11 is 0.